The van der Waals surface area contributed by atoms with Crippen molar-refractivity contribution in [2.75, 3.05) is 20.8 Å². The zero-order valence-corrected chi connectivity index (χ0v) is 7.07. The lowest BCUT2D eigenvalue weighted by molar-refractivity contribution is -0.114. The molecule has 0 saturated heterocycles. The maximum absolute atomic E-state index is 11.0. The molecule has 12 heavy (non-hydrogen) atoms. The Bertz CT molecular complexity index is 199. The Labute approximate surface area is 70.7 Å². The van der Waals surface area contributed by atoms with Gasteiger partial charge in [0.05, 0.1) is 6.61 Å². The first-order valence-electron chi connectivity index (χ1n) is 3.37. The molecule has 0 saturated carbocycles. The van der Waals surface area contributed by atoms with E-state index < -0.39 is 0 Å². The van der Waals surface area contributed by atoms with Crippen molar-refractivity contribution in [3.63, 3.8) is 0 Å². The van der Waals surface area contributed by atoms with Crippen molar-refractivity contribution in [1.82, 2.24) is 5.32 Å². The fraction of sp³-hybridized carbons (Fsp3) is 0.429. The second-order valence-electron chi connectivity index (χ2n) is 1.82. The Balaban J connectivity index is 4.34. The van der Waals surface area contributed by atoms with E-state index in [9.17, 15) is 4.79 Å². The first kappa shape index (κ1) is 10.6. The maximum Gasteiger partial charge on any atom is 0.273 e. The predicted molar refractivity (Wildman–Crippen MR) is 44.7 cm³/mol. The molecule has 0 aliphatic carbocycles. The standard InChI is InChI=1S/C7H12N2O3/c1-8-7(11)6(9-12-2)4-3-5-10/h3-4,10H,5H2,1-2H3,(H,8,11)/b4-3-,9-6+. The van der Waals surface area contributed by atoms with Crippen LogP contribution in [0.15, 0.2) is 17.3 Å². The summed E-state index contributed by atoms with van der Waals surface area (Å²) in [6, 6.07) is 0. The first-order valence-corrected chi connectivity index (χ1v) is 3.37. The van der Waals surface area contributed by atoms with E-state index in [0.29, 0.717) is 0 Å². The van der Waals surface area contributed by atoms with E-state index in [2.05, 4.69) is 15.3 Å². The molecule has 0 heterocycles. The van der Waals surface area contributed by atoms with Crippen LogP contribution in [0.2, 0.25) is 0 Å². The van der Waals surface area contributed by atoms with E-state index in [4.69, 9.17) is 5.11 Å². The van der Waals surface area contributed by atoms with Gasteiger partial charge in [-0.3, -0.25) is 4.79 Å². The van der Waals surface area contributed by atoms with E-state index in [1.54, 1.807) is 0 Å². The van der Waals surface area contributed by atoms with E-state index in [1.807, 2.05) is 0 Å². The van der Waals surface area contributed by atoms with Crippen molar-refractivity contribution < 1.29 is 14.7 Å². The summed E-state index contributed by atoms with van der Waals surface area (Å²) in [6.45, 7) is -0.139. The fourth-order valence-electron chi connectivity index (χ4n) is 0.538. The van der Waals surface area contributed by atoms with Crippen LogP contribution in [-0.2, 0) is 9.63 Å². The monoisotopic (exact) mass is 172 g/mol. The number of amides is 1. The van der Waals surface area contributed by atoms with Crippen molar-refractivity contribution in [2.45, 2.75) is 0 Å². The van der Waals surface area contributed by atoms with E-state index in [-0.39, 0.29) is 18.2 Å². The summed E-state index contributed by atoms with van der Waals surface area (Å²) in [5, 5.41) is 14.2. The minimum absolute atomic E-state index is 0.119. The number of carbonyl (C=O) groups excluding carboxylic acids is 1. The Morgan fingerprint density at radius 1 is 1.75 bits per heavy atom. The van der Waals surface area contributed by atoms with Gasteiger partial charge >= 0.3 is 0 Å². The van der Waals surface area contributed by atoms with Gasteiger partial charge in [-0.15, -0.1) is 0 Å². The number of hydrogen-bond donors (Lipinski definition) is 2. The second kappa shape index (κ2) is 6.36. The molecule has 0 radical (unpaired) electrons. The summed E-state index contributed by atoms with van der Waals surface area (Å²) < 4.78 is 0. The van der Waals surface area contributed by atoms with E-state index in [1.165, 1.54) is 26.3 Å². The SMILES string of the molecule is CNC(=O)C(/C=C\CO)=N/OC. The smallest absolute Gasteiger partial charge is 0.273 e. The molecule has 0 aromatic carbocycles. The van der Waals surface area contributed by atoms with Crippen LogP contribution in [-0.4, -0.2) is 37.5 Å². The fourth-order valence-corrected chi connectivity index (χ4v) is 0.538. The van der Waals surface area contributed by atoms with Crippen LogP contribution in [0.5, 0.6) is 0 Å². The topological polar surface area (TPSA) is 70.9 Å². The molecule has 0 unspecified atom stereocenters. The average Bonchev–Trinajstić information content (AvgIpc) is 2.11. The zero-order valence-electron chi connectivity index (χ0n) is 7.07. The van der Waals surface area contributed by atoms with Crippen LogP contribution in [0, 0.1) is 0 Å². The Hall–Kier alpha value is -1.36. The van der Waals surface area contributed by atoms with Crippen LogP contribution < -0.4 is 5.32 Å². The minimum atomic E-state index is -0.360. The summed E-state index contributed by atoms with van der Waals surface area (Å²) in [7, 11) is 2.83. The van der Waals surface area contributed by atoms with Crippen molar-refractivity contribution >= 4 is 11.6 Å². The third kappa shape index (κ3) is 3.72. The van der Waals surface area contributed by atoms with Gasteiger partial charge in [-0.25, -0.2) is 0 Å². The van der Waals surface area contributed by atoms with Gasteiger partial charge in [0, 0.05) is 7.05 Å². The molecular formula is C7H12N2O3. The third-order valence-corrected chi connectivity index (χ3v) is 1.03. The number of rotatable bonds is 4. The molecule has 0 aliphatic heterocycles. The predicted octanol–water partition coefficient (Wildman–Crippen LogP) is -0.717. The average molecular weight is 172 g/mol. The number of hydrogen-bond acceptors (Lipinski definition) is 4. The summed E-state index contributed by atoms with van der Waals surface area (Å²) in [5.41, 5.74) is 0.119. The molecule has 2 N–H and O–H groups in total. The highest BCUT2D eigenvalue weighted by atomic mass is 16.6. The Morgan fingerprint density at radius 3 is 2.83 bits per heavy atom. The summed E-state index contributed by atoms with van der Waals surface area (Å²) in [5.74, 6) is -0.360. The highest BCUT2D eigenvalue weighted by molar-refractivity contribution is 6.43. The van der Waals surface area contributed by atoms with Crippen LogP contribution in [0.25, 0.3) is 0 Å². The molecule has 0 aromatic rings. The zero-order chi connectivity index (χ0) is 9.40. The van der Waals surface area contributed by atoms with Gasteiger partial charge in [-0.1, -0.05) is 11.2 Å². The van der Waals surface area contributed by atoms with Crippen LogP contribution in [0.3, 0.4) is 0 Å². The quantitative estimate of drug-likeness (QED) is 0.434. The van der Waals surface area contributed by atoms with Gasteiger partial charge < -0.3 is 15.3 Å². The van der Waals surface area contributed by atoms with Crippen molar-refractivity contribution in [1.29, 1.82) is 0 Å². The van der Waals surface area contributed by atoms with Crippen LogP contribution >= 0.6 is 0 Å². The molecule has 0 aliphatic rings. The lowest BCUT2D eigenvalue weighted by Gasteiger charge is -1.97. The van der Waals surface area contributed by atoms with Gasteiger partial charge in [-0.2, -0.15) is 0 Å². The molecule has 0 fully saturated rings. The third-order valence-electron chi connectivity index (χ3n) is 1.03. The largest absolute Gasteiger partial charge is 0.398 e. The molecule has 5 heteroatoms. The number of carbonyl (C=O) groups is 1. The summed E-state index contributed by atoms with van der Waals surface area (Å²) >= 11 is 0. The number of aliphatic hydroxyl groups excluding tert-OH is 1. The number of oxime groups is 1. The highest BCUT2D eigenvalue weighted by Crippen LogP contribution is 1.84. The summed E-state index contributed by atoms with van der Waals surface area (Å²) in [4.78, 5) is 15.4. The second-order valence-corrected chi connectivity index (χ2v) is 1.82. The lowest BCUT2D eigenvalue weighted by atomic mass is 10.3. The van der Waals surface area contributed by atoms with Gasteiger partial charge in [-0.05, 0) is 6.08 Å². The lowest BCUT2D eigenvalue weighted by Crippen LogP contribution is -2.26. The minimum Gasteiger partial charge on any atom is -0.398 e. The molecule has 0 bridgehead atoms. The number of nitrogens with zero attached hydrogens (tertiary/aromatic N) is 1. The molecule has 68 valence electrons. The van der Waals surface area contributed by atoms with Crippen molar-refractivity contribution in [2.24, 2.45) is 5.16 Å². The number of aliphatic hydroxyl groups is 1. The molecule has 0 aromatic heterocycles. The van der Waals surface area contributed by atoms with Crippen molar-refractivity contribution in [3.8, 4) is 0 Å². The Kier molecular flexibility index (Phi) is 5.64. The van der Waals surface area contributed by atoms with E-state index >= 15 is 0 Å². The highest BCUT2D eigenvalue weighted by Gasteiger charge is 2.04. The van der Waals surface area contributed by atoms with Gasteiger partial charge in [0.2, 0.25) is 0 Å². The molecule has 1 amide bonds. The maximum atomic E-state index is 11.0. The molecule has 5 nitrogen and oxygen atoms in total. The molecular weight excluding hydrogens is 160 g/mol. The molecule has 0 spiro atoms. The van der Waals surface area contributed by atoms with Gasteiger partial charge in [0.1, 0.15) is 7.11 Å². The molecule has 0 rings (SSSR count). The van der Waals surface area contributed by atoms with E-state index in [0.717, 1.165) is 0 Å². The molecule has 0 atom stereocenters. The van der Waals surface area contributed by atoms with Gasteiger partial charge in [0.15, 0.2) is 5.71 Å². The van der Waals surface area contributed by atoms with Gasteiger partial charge in [0.25, 0.3) is 5.91 Å². The van der Waals surface area contributed by atoms with Crippen LogP contribution in [0.1, 0.15) is 0 Å². The Morgan fingerprint density at radius 2 is 2.42 bits per heavy atom. The van der Waals surface area contributed by atoms with Crippen molar-refractivity contribution in [3.05, 3.63) is 12.2 Å². The number of nitrogens with one attached hydrogen (secondary N) is 1. The first-order chi connectivity index (χ1) is 5.76. The summed E-state index contributed by atoms with van der Waals surface area (Å²) in [6.07, 6.45) is 2.77. The normalized spacial score (nSPS) is 11.8. The van der Waals surface area contributed by atoms with Crippen LogP contribution in [0.4, 0.5) is 0 Å².